The van der Waals surface area contributed by atoms with Crippen molar-refractivity contribution < 1.29 is 4.74 Å². The number of hydrogen-bond donors (Lipinski definition) is 0. The average Bonchev–Trinajstić information content (AvgIpc) is 2.92. The van der Waals surface area contributed by atoms with Gasteiger partial charge in [0.15, 0.2) is 15.9 Å². The van der Waals surface area contributed by atoms with Gasteiger partial charge in [0, 0.05) is 20.6 Å². The monoisotopic (exact) mass is 392 g/mol. The Balaban J connectivity index is 1.84. The van der Waals surface area contributed by atoms with E-state index in [9.17, 15) is 9.59 Å². The van der Waals surface area contributed by atoms with E-state index in [1.165, 1.54) is 11.6 Å². The van der Waals surface area contributed by atoms with Crippen LogP contribution in [0.2, 0.25) is 0 Å². The fourth-order valence-electron chi connectivity index (χ4n) is 2.59. The van der Waals surface area contributed by atoms with Gasteiger partial charge in [0.2, 0.25) is 0 Å². The van der Waals surface area contributed by atoms with Gasteiger partial charge in [-0.25, -0.2) is 9.78 Å². The van der Waals surface area contributed by atoms with E-state index in [2.05, 4.69) is 20.9 Å². The molecule has 0 unspecified atom stereocenters. The molecule has 0 spiro atoms. The molecule has 0 fully saturated rings. The second kappa shape index (κ2) is 6.64. The molecule has 0 N–H and O–H groups in total. The van der Waals surface area contributed by atoms with Gasteiger partial charge in [-0.05, 0) is 34.5 Å². The summed E-state index contributed by atoms with van der Waals surface area (Å²) in [5, 5.41) is 0. The molecule has 0 saturated carbocycles. The van der Waals surface area contributed by atoms with E-state index in [0.717, 1.165) is 10.3 Å². The lowest BCUT2D eigenvalue weighted by Gasteiger charge is -2.10. The van der Waals surface area contributed by atoms with Gasteiger partial charge in [-0.3, -0.25) is 13.9 Å². The van der Waals surface area contributed by atoms with E-state index in [1.807, 2.05) is 34.9 Å². The maximum absolute atomic E-state index is 12.2. The van der Waals surface area contributed by atoms with Crippen molar-refractivity contribution in [2.75, 3.05) is 6.61 Å². The maximum atomic E-state index is 12.2. The lowest BCUT2D eigenvalue weighted by Crippen LogP contribution is -2.37. The molecular formula is C16H17BrN4O3. The Morgan fingerprint density at radius 1 is 1.12 bits per heavy atom. The summed E-state index contributed by atoms with van der Waals surface area (Å²) in [7, 11) is 3.08. The van der Waals surface area contributed by atoms with Crippen molar-refractivity contribution >= 4 is 27.1 Å². The number of nitrogens with zero attached hydrogens (tertiary/aromatic N) is 4. The number of halogens is 1. The fourth-order valence-corrected chi connectivity index (χ4v) is 3.11. The zero-order chi connectivity index (χ0) is 17.3. The highest BCUT2D eigenvalue weighted by molar-refractivity contribution is 9.10. The molecule has 0 radical (unpaired) electrons. The molecule has 0 atom stereocenters. The van der Waals surface area contributed by atoms with Gasteiger partial charge in [-0.1, -0.05) is 18.2 Å². The van der Waals surface area contributed by atoms with Gasteiger partial charge in [0.1, 0.15) is 5.75 Å². The summed E-state index contributed by atoms with van der Waals surface area (Å²) in [6, 6.07) is 9.57. The van der Waals surface area contributed by atoms with Crippen LogP contribution < -0.4 is 16.0 Å². The van der Waals surface area contributed by atoms with Crippen molar-refractivity contribution in [1.82, 2.24) is 18.7 Å². The summed E-state index contributed by atoms with van der Waals surface area (Å²) >= 11 is 3.37. The quantitative estimate of drug-likeness (QED) is 0.489. The minimum absolute atomic E-state index is 0.274. The minimum Gasteiger partial charge on any atom is -0.494 e. The van der Waals surface area contributed by atoms with Crippen molar-refractivity contribution in [2.24, 2.45) is 14.1 Å². The number of rotatable bonds is 5. The van der Waals surface area contributed by atoms with Gasteiger partial charge >= 0.3 is 5.69 Å². The lowest BCUT2D eigenvalue weighted by molar-refractivity contribution is 0.302. The highest BCUT2D eigenvalue weighted by Gasteiger charge is 2.17. The highest BCUT2D eigenvalue weighted by atomic mass is 79.9. The van der Waals surface area contributed by atoms with E-state index in [4.69, 9.17) is 4.74 Å². The van der Waals surface area contributed by atoms with Crippen LogP contribution in [0.5, 0.6) is 5.75 Å². The maximum Gasteiger partial charge on any atom is 0.332 e. The first-order valence-electron chi connectivity index (χ1n) is 7.50. The predicted molar refractivity (Wildman–Crippen MR) is 94.5 cm³/mol. The number of imidazole rings is 1. The Labute approximate surface area is 146 Å². The van der Waals surface area contributed by atoms with Gasteiger partial charge in [-0.15, -0.1) is 0 Å². The number of para-hydroxylation sites is 1. The Morgan fingerprint density at radius 3 is 2.54 bits per heavy atom. The molecule has 0 aliphatic carbocycles. The molecule has 7 nitrogen and oxygen atoms in total. The molecule has 8 heteroatoms. The second-order valence-corrected chi connectivity index (χ2v) is 6.13. The van der Waals surface area contributed by atoms with Crippen molar-refractivity contribution in [3.05, 3.63) is 55.9 Å². The summed E-state index contributed by atoms with van der Waals surface area (Å²) in [6.45, 7) is 1.10. The van der Waals surface area contributed by atoms with Crippen molar-refractivity contribution in [2.45, 2.75) is 13.0 Å². The summed E-state index contributed by atoms with van der Waals surface area (Å²) in [5.41, 5.74) is 0.0138. The second-order valence-electron chi connectivity index (χ2n) is 5.43. The van der Waals surface area contributed by atoms with Crippen LogP contribution in [-0.4, -0.2) is 25.3 Å². The number of aryl methyl sites for hydroxylation is 2. The minimum atomic E-state index is -0.395. The van der Waals surface area contributed by atoms with Crippen LogP contribution in [0.4, 0.5) is 0 Å². The van der Waals surface area contributed by atoms with Crippen molar-refractivity contribution in [1.29, 1.82) is 0 Å². The summed E-state index contributed by atoms with van der Waals surface area (Å²) in [6.07, 6.45) is 0.711. The van der Waals surface area contributed by atoms with Crippen LogP contribution in [0.25, 0.3) is 11.2 Å². The molecule has 1 aromatic carbocycles. The molecule has 2 aromatic heterocycles. The molecule has 2 heterocycles. The van der Waals surface area contributed by atoms with E-state index in [1.54, 1.807) is 7.05 Å². The van der Waals surface area contributed by atoms with Crippen LogP contribution in [-0.2, 0) is 20.6 Å². The molecule has 24 heavy (non-hydrogen) atoms. The van der Waals surface area contributed by atoms with Crippen LogP contribution in [0.15, 0.2) is 44.7 Å². The Morgan fingerprint density at radius 2 is 1.83 bits per heavy atom. The van der Waals surface area contributed by atoms with E-state index < -0.39 is 5.56 Å². The summed E-state index contributed by atoms with van der Waals surface area (Å²) < 4.78 is 10.5. The molecule has 0 aliphatic heterocycles. The number of benzene rings is 1. The van der Waals surface area contributed by atoms with Gasteiger partial charge in [0.05, 0.1) is 6.61 Å². The zero-order valence-corrected chi connectivity index (χ0v) is 15.0. The summed E-state index contributed by atoms with van der Waals surface area (Å²) in [5.74, 6) is 0.813. The van der Waals surface area contributed by atoms with E-state index in [0.29, 0.717) is 30.0 Å². The molecule has 3 aromatic rings. The Hall–Kier alpha value is -2.35. The van der Waals surface area contributed by atoms with Crippen molar-refractivity contribution in [3.63, 3.8) is 0 Å². The standard InChI is InChI=1S/C16H17BrN4O3/c1-19-13-12(14(22)20(2)16(19)23)18-15(17)21(13)9-6-10-24-11-7-4-3-5-8-11/h3-5,7-8H,6,9-10H2,1-2H3. The molecule has 126 valence electrons. The Kier molecular flexibility index (Phi) is 4.57. The fraction of sp³-hybridized carbons (Fsp3) is 0.312. The molecule has 0 bridgehead atoms. The zero-order valence-electron chi connectivity index (χ0n) is 13.4. The number of fused-ring (bicyclic) bond motifs is 1. The molecular weight excluding hydrogens is 376 g/mol. The lowest BCUT2D eigenvalue weighted by atomic mass is 10.3. The normalized spacial score (nSPS) is 11.1. The molecule has 3 rings (SSSR count). The van der Waals surface area contributed by atoms with E-state index >= 15 is 0 Å². The number of aromatic nitrogens is 4. The Bertz CT molecular complexity index is 988. The first-order valence-corrected chi connectivity index (χ1v) is 8.29. The SMILES string of the molecule is Cn1c(=O)c2nc(Br)n(CCCOc3ccccc3)c2n(C)c1=O. The third-order valence-electron chi connectivity index (χ3n) is 3.83. The highest BCUT2D eigenvalue weighted by Crippen LogP contribution is 2.17. The van der Waals surface area contributed by atoms with Crippen LogP contribution in [0, 0.1) is 0 Å². The first-order chi connectivity index (χ1) is 11.5. The van der Waals surface area contributed by atoms with Gasteiger partial charge in [0.25, 0.3) is 5.56 Å². The number of hydrogen-bond acceptors (Lipinski definition) is 4. The van der Waals surface area contributed by atoms with Crippen molar-refractivity contribution in [3.8, 4) is 5.75 Å². The van der Waals surface area contributed by atoms with Crippen LogP contribution in [0.3, 0.4) is 0 Å². The average molecular weight is 393 g/mol. The molecule has 0 amide bonds. The molecule has 0 aliphatic rings. The summed E-state index contributed by atoms with van der Waals surface area (Å²) in [4.78, 5) is 28.6. The predicted octanol–water partition coefficient (Wildman–Crippen LogP) is 1.67. The molecule has 0 saturated heterocycles. The third-order valence-corrected chi connectivity index (χ3v) is 4.44. The van der Waals surface area contributed by atoms with Gasteiger partial charge in [-0.2, -0.15) is 0 Å². The topological polar surface area (TPSA) is 71.0 Å². The first kappa shape index (κ1) is 16.5. The van der Waals surface area contributed by atoms with Gasteiger partial charge < -0.3 is 9.30 Å². The third kappa shape index (κ3) is 2.89. The van der Waals surface area contributed by atoms with Crippen LogP contribution >= 0.6 is 15.9 Å². The number of ether oxygens (including phenoxy) is 1. The smallest absolute Gasteiger partial charge is 0.332 e. The van der Waals surface area contributed by atoms with Crippen LogP contribution in [0.1, 0.15) is 6.42 Å². The van der Waals surface area contributed by atoms with E-state index in [-0.39, 0.29) is 11.2 Å². The largest absolute Gasteiger partial charge is 0.494 e.